The number of anilines is 2. The number of aromatic nitrogens is 2. The molecular formula is C12H22N4O. The first-order valence-corrected chi connectivity index (χ1v) is 6.00. The first-order chi connectivity index (χ1) is 8.08. The summed E-state index contributed by atoms with van der Waals surface area (Å²) in [5.41, 5.74) is 5.62. The molecule has 3 N–H and O–H groups in total. The zero-order chi connectivity index (χ0) is 12.7. The van der Waals surface area contributed by atoms with E-state index in [4.69, 9.17) is 10.5 Å². The van der Waals surface area contributed by atoms with Gasteiger partial charge in [-0.2, -0.15) is 0 Å². The molecule has 0 aromatic carbocycles. The van der Waals surface area contributed by atoms with E-state index >= 15 is 0 Å². The molecule has 0 aliphatic carbocycles. The number of hydrogen-bond acceptors (Lipinski definition) is 5. The van der Waals surface area contributed by atoms with Crippen molar-refractivity contribution in [1.29, 1.82) is 0 Å². The number of nitrogens with two attached hydrogens (primary N) is 1. The van der Waals surface area contributed by atoms with Crippen LogP contribution in [0.3, 0.4) is 0 Å². The van der Waals surface area contributed by atoms with Crippen LogP contribution in [0.25, 0.3) is 0 Å². The van der Waals surface area contributed by atoms with E-state index in [-0.39, 0.29) is 0 Å². The molecular weight excluding hydrogens is 216 g/mol. The maximum absolute atomic E-state index is 5.62. The first-order valence-electron chi connectivity index (χ1n) is 6.00. The van der Waals surface area contributed by atoms with Crippen LogP contribution < -0.4 is 11.1 Å². The lowest BCUT2D eigenvalue weighted by Gasteiger charge is -2.08. The summed E-state index contributed by atoms with van der Waals surface area (Å²) >= 11 is 0. The average Bonchev–Trinajstić information content (AvgIpc) is 2.21. The van der Waals surface area contributed by atoms with Gasteiger partial charge < -0.3 is 15.8 Å². The number of hydrogen-bond donors (Lipinski definition) is 2. The van der Waals surface area contributed by atoms with Crippen molar-refractivity contribution in [3.63, 3.8) is 0 Å². The topological polar surface area (TPSA) is 73.1 Å². The highest BCUT2D eigenvalue weighted by Crippen LogP contribution is 2.07. The lowest BCUT2D eigenvalue weighted by molar-refractivity contribution is 0.132. The summed E-state index contributed by atoms with van der Waals surface area (Å²) in [7, 11) is 0. The van der Waals surface area contributed by atoms with Crippen LogP contribution in [0.4, 0.5) is 11.6 Å². The van der Waals surface area contributed by atoms with Gasteiger partial charge >= 0.3 is 0 Å². The first kappa shape index (κ1) is 13.7. The minimum atomic E-state index is 0.487. The summed E-state index contributed by atoms with van der Waals surface area (Å²) in [6.07, 6.45) is 1.10. The monoisotopic (exact) mass is 238 g/mol. The molecule has 0 radical (unpaired) electrons. The molecule has 1 rings (SSSR count). The predicted octanol–water partition coefficient (Wildman–Crippen LogP) is 1.84. The van der Waals surface area contributed by atoms with Gasteiger partial charge in [0.2, 0.25) is 0 Å². The molecule has 0 aliphatic rings. The highest BCUT2D eigenvalue weighted by atomic mass is 16.5. The Morgan fingerprint density at radius 3 is 2.76 bits per heavy atom. The number of ether oxygens (including phenoxy) is 1. The van der Waals surface area contributed by atoms with Gasteiger partial charge in [0.1, 0.15) is 17.5 Å². The largest absolute Gasteiger partial charge is 0.384 e. The molecule has 5 nitrogen and oxygen atoms in total. The van der Waals surface area contributed by atoms with Crippen molar-refractivity contribution in [2.75, 3.05) is 30.8 Å². The fourth-order valence-corrected chi connectivity index (χ4v) is 1.35. The molecule has 0 saturated heterocycles. The van der Waals surface area contributed by atoms with Crippen LogP contribution in [0.15, 0.2) is 6.07 Å². The van der Waals surface area contributed by atoms with Gasteiger partial charge in [0.25, 0.3) is 0 Å². The van der Waals surface area contributed by atoms with Gasteiger partial charge in [0.15, 0.2) is 0 Å². The molecule has 0 atom stereocenters. The van der Waals surface area contributed by atoms with E-state index in [0.29, 0.717) is 24.2 Å². The number of nitrogens with zero attached hydrogens (tertiary/aromatic N) is 2. The van der Waals surface area contributed by atoms with E-state index < -0.39 is 0 Å². The fourth-order valence-electron chi connectivity index (χ4n) is 1.35. The molecule has 1 aromatic heterocycles. The van der Waals surface area contributed by atoms with Crippen LogP contribution in [0.5, 0.6) is 0 Å². The van der Waals surface area contributed by atoms with Crippen molar-refractivity contribution in [3.8, 4) is 0 Å². The van der Waals surface area contributed by atoms with E-state index in [0.717, 1.165) is 25.4 Å². The molecule has 1 heterocycles. The predicted molar refractivity (Wildman–Crippen MR) is 69.9 cm³/mol. The third kappa shape index (κ3) is 6.06. The number of nitrogen functional groups attached to an aromatic ring is 1. The molecule has 0 amide bonds. The Labute approximate surface area is 103 Å². The quantitative estimate of drug-likeness (QED) is 0.709. The summed E-state index contributed by atoms with van der Waals surface area (Å²) in [6, 6.07) is 1.72. The van der Waals surface area contributed by atoms with Crippen LogP contribution in [0.2, 0.25) is 0 Å². The smallest absolute Gasteiger partial charge is 0.131 e. The summed E-state index contributed by atoms with van der Waals surface area (Å²) in [6.45, 7) is 8.41. The molecule has 0 spiro atoms. The van der Waals surface area contributed by atoms with Crippen molar-refractivity contribution < 1.29 is 4.74 Å². The minimum absolute atomic E-state index is 0.487. The number of aryl methyl sites for hydroxylation is 1. The third-order valence-electron chi connectivity index (χ3n) is 2.25. The summed E-state index contributed by atoms with van der Waals surface area (Å²) in [5, 5.41) is 3.16. The Kier molecular flexibility index (Phi) is 5.69. The van der Waals surface area contributed by atoms with Crippen LogP contribution in [-0.2, 0) is 4.74 Å². The SMILES string of the molecule is Cc1nc(N)cc(NCCOCCC(C)C)n1. The highest BCUT2D eigenvalue weighted by molar-refractivity contribution is 5.44. The third-order valence-corrected chi connectivity index (χ3v) is 2.25. The lowest BCUT2D eigenvalue weighted by atomic mass is 10.1. The minimum Gasteiger partial charge on any atom is -0.384 e. The van der Waals surface area contributed by atoms with Crippen LogP contribution in [0.1, 0.15) is 26.1 Å². The maximum atomic E-state index is 5.62. The van der Waals surface area contributed by atoms with Crippen molar-refractivity contribution in [3.05, 3.63) is 11.9 Å². The zero-order valence-corrected chi connectivity index (χ0v) is 10.9. The van der Waals surface area contributed by atoms with Crippen molar-refractivity contribution in [2.24, 2.45) is 5.92 Å². The lowest BCUT2D eigenvalue weighted by Crippen LogP contribution is -2.12. The van der Waals surface area contributed by atoms with Crippen molar-refractivity contribution >= 4 is 11.6 Å². The van der Waals surface area contributed by atoms with E-state index in [2.05, 4.69) is 29.1 Å². The Balaban J connectivity index is 2.18. The molecule has 1 aromatic rings. The molecule has 17 heavy (non-hydrogen) atoms. The number of nitrogens with one attached hydrogen (secondary N) is 1. The Hall–Kier alpha value is -1.36. The Morgan fingerprint density at radius 2 is 2.12 bits per heavy atom. The van der Waals surface area contributed by atoms with Crippen LogP contribution >= 0.6 is 0 Å². The average molecular weight is 238 g/mol. The Morgan fingerprint density at radius 1 is 1.35 bits per heavy atom. The van der Waals surface area contributed by atoms with Crippen molar-refractivity contribution in [1.82, 2.24) is 9.97 Å². The van der Waals surface area contributed by atoms with E-state index in [9.17, 15) is 0 Å². The van der Waals surface area contributed by atoms with Gasteiger partial charge in [-0.1, -0.05) is 13.8 Å². The molecule has 0 bridgehead atoms. The van der Waals surface area contributed by atoms with Crippen LogP contribution in [-0.4, -0.2) is 29.7 Å². The van der Waals surface area contributed by atoms with Gasteiger partial charge in [-0.05, 0) is 19.3 Å². The van der Waals surface area contributed by atoms with Crippen molar-refractivity contribution in [2.45, 2.75) is 27.2 Å². The molecule has 0 aliphatic heterocycles. The summed E-state index contributed by atoms with van der Waals surface area (Å²) in [4.78, 5) is 8.23. The molecule has 0 saturated carbocycles. The number of rotatable bonds is 7. The van der Waals surface area contributed by atoms with Gasteiger partial charge in [0.05, 0.1) is 6.61 Å². The van der Waals surface area contributed by atoms with Gasteiger partial charge in [-0.3, -0.25) is 0 Å². The maximum Gasteiger partial charge on any atom is 0.131 e. The fraction of sp³-hybridized carbons (Fsp3) is 0.667. The standard InChI is InChI=1S/C12H22N4O/c1-9(2)4-6-17-7-5-14-12-8-11(13)15-10(3)16-12/h8-9H,4-7H2,1-3H3,(H3,13,14,15,16). The van der Waals surface area contributed by atoms with Gasteiger partial charge in [-0.25, -0.2) is 9.97 Å². The zero-order valence-electron chi connectivity index (χ0n) is 10.9. The summed E-state index contributed by atoms with van der Waals surface area (Å²) in [5.74, 6) is 2.60. The van der Waals surface area contributed by atoms with Gasteiger partial charge in [-0.15, -0.1) is 0 Å². The molecule has 0 fully saturated rings. The second-order valence-electron chi connectivity index (χ2n) is 4.45. The summed E-state index contributed by atoms with van der Waals surface area (Å²) < 4.78 is 5.49. The van der Waals surface area contributed by atoms with E-state index in [1.165, 1.54) is 0 Å². The second kappa shape index (κ2) is 7.06. The van der Waals surface area contributed by atoms with Gasteiger partial charge in [0, 0.05) is 19.2 Å². The normalized spacial score (nSPS) is 10.8. The molecule has 96 valence electrons. The molecule has 0 unspecified atom stereocenters. The van der Waals surface area contributed by atoms with Crippen LogP contribution in [0, 0.1) is 12.8 Å². The van der Waals surface area contributed by atoms with E-state index in [1.54, 1.807) is 6.07 Å². The Bertz CT molecular complexity index is 321. The van der Waals surface area contributed by atoms with E-state index in [1.807, 2.05) is 6.92 Å². The second-order valence-corrected chi connectivity index (χ2v) is 4.45. The highest BCUT2D eigenvalue weighted by Gasteiger charge is 1.98. The molecule has 5 heteroatoms.